The summed E-state index contributed by atoms with van der Waals surface area (Å²) in [4.78, 5) is 25.9. The molecule has 0 saturated carbocycles. The number of ether oxygens (including phenoxy) is 1. The Morgan fingerprint density at radius 3 is 2.63 bits per heavy atom. The molecule has 1 amide bonds. The van der Waals surface area contributed by atoms with E-state index in [4.69, 9.17) is 16.3 Å². The molecule has 1 aromatic heterocycles. The molecule has 1 fully saturated rings. The summed E-state index contributed by atoms with van der Waals surface area (Å²) in [5.41, 5.74) is -0.799. The molecule has 2 aromatic rings. The fraction of sp³-hybridized carbons (Fsp3) is 0.350. The number of rotatable bonds is 4. The molecule has 1 aromatic carbocycles. The molecular formula is C20H19ClF3N3O3. The lowest BCUT2D eigenvalue weighted by Crippen LogP contribution is -2.41. The number of likely N-dealkylation sites (tertiary alicyclic amines) is 1. The standard InChI is InChI=1S/C20H19ClF3N3O3/c1-26-19(29)13(6-9-25-26)2-5-18(28)27-10-7-15(8-11-27)30-17-12-14(20(22,23)24)3-4-16(17)21/h2-6,9,12,15H,7-8,10-11H2,1H3. The number of halogens is 4. The fourth-order valence-corrected chi connectivity index (χ4v) is 3.22. The van der Waals surface area contributed by atoms with Crippen molar-refractivity contribution in [1.29, 1.82) is 0 Å². The zero-order valence-electron chi connectivity index (χ0n) is 16.0. The average Bonchev–Trinajstić information content (AvgIpc) is 2.70. The maximum absolute atomic E-state index is 12.9. The minimum Gasteiger partial charge on any atom is -0.489 e. The number of amides is 1. The molecule has 3 rings (SSSR count). The predicted molar refractivity (Wildman–Crippen MR) is 105 cm³/mol. The van der Waals surface area contributed by atoms with Crippen LogP contribution in [0.5, 0.6) is 5.75 Å². The molecule has 6 nitrogen and oxygen atoms in total. The van der Waals surface area contributed by atoms with Gasteiger partial charge in [0.05, 0.1) is 10.6 Å². The van der Waals surface area contributed by atoms with Crippen molar-refractivity contribution in [2.45, 2.75) is 25.1 Å². The summed E-state index contributed by atoms with van der Waals surface area (Å²) in [6.07, 6.45) is 0.283. The smallest absolute Gasteiger partial charge is 0.416 e. The highest BCUT2D eigenvalue weighted by Crippen LogP contribution is 2.36. The second kappa shape index (κ2) is 8.91. The average molecular weight is 442 g/mol. The largest absolute Gasteiger partial charge is 0.489 e. The third-order valence-corrected chi connectivity index (χ3v) is 5.06. The van der Waals surface area contributed by atoms with Crippen molar-refractivity contribution in [3.63, 3.8) is 0 Å². The predicted octanol–water partition coefficient (Wildman–Crippen LogP) is 3.54. The minimum atomic E-state index is -4.49. The van der Waals surface area contributed by atoms with Gasteiger partial charge in [0.2, 0.25) is 5.91 Å². The number of carbonyl (C=O) groups excluding carboxylic acids is 1. The van der Waals surface area contributed by atoms with Crippen molar-refractivity contribution < 1.29 is 22.7 Å². The third-order valence-electron chi connectivity index (χ3n) is 4.75. The Hall–Kier alpha value is -2.81. The molecule has 0 radical (unpaired) electrons. The lowest BCUT2D eigenvalue weighted by molar-refractivity contribution is -0.137. The van der Waals surface area contributed by atoms with E-state index in [9.17, 15) is 22.8 Å². The molecule has 0 N–H and O–H groups in total. The van der Waals surface area contributed by atoms with Crippen LogP contribution < -0.4 is 10.3 Å². The van der Waals surface area contributed by atoms with Gasteiger partial charge in [-0.25, -0.2) is 4.68 Å². The van der Waals surface area contributed by atoms with Gasteiger partial charge >= 0.3 is 6.18 Å². The Morgan fingerprint density at radius 2 is 1.97 bits per heavy atom. The van der Waals surface area contributed by atoms with Crippen LogP contribution in [0.25, 0.3) is 6.08 Å². The van der Waals surface area contributed by atoms with Gasteiger partial charge in [-0.05, 0) is 30.3 Å². The number of carbonyl (C=O) groups is 1. The molecular weight excluding hydrogens is 423 g/mol. The van der Waals surface area contributed by atoms with Gasteiger partial charge in [-0.15, -0.1) is 0 Å². The van der Waals surface area contributed by atoms with E-state index in [1.165, 1.54) is 36.1 Å². The molecule has 0 spiro atoms. The second-order valence-corrected chi connectivity index (χ2v) is 7.24. The van der Waals surface area contributed by atoms with Crippen LogP contribution in [0.3, 0.4) is 0 Å². The molecule has 1 saturated heterocycles. The molecule has 10 heteroatoms. The molecule has 2 heterocycles. The Kier molecular flexibility index (Phi) is 6.50. The number of aromatic nitrogens is 2. The van der Waals surface area contributed by atoms with Crippen molar-refractivity contribution in [2.24, 2.45) is 7.05 Å². The van der Waals surface area contributed by atoms with Gasteiger partial charge in [-0.1, -0.05) is 11.6 Å². The Balaban J connectivity index is 1.59. The summed E-state index contributed by atoms with van der Waals surface area (Å²) in [5, 5.41) is 3.91. The van der Waals surface area contributed by atoms with Crippen molar-refractivity contribution in [3.05, 3.63) is 63.0 Å². The lowest BCUT2D eigenvalue weighted by Gasteiger charge is -2.31. The van der Waals surface area contributed by atoms with Crippen molar-refractivity contribution in [1.82, 2.24) is 14.7 Å². The molecule has 0 atom stereocenters. The number of hydrogen-bond donors (Lipinski definition) is 0. The third kappa shape index (κ3) is 5.21. The van der Waals surface area contributed by atoms with Crippen LogP contribution >= 0.6 is 11.6 Å². The van der Waals surface area contributed by atoms with Crippen LogP contribution in [0.4, 0.5) is 13.2 Å². The number of nitrogens with zero attached hydrogens (tertiary/aromatic N) is 3. The van der Waals surface area contributed by atoms with E-state index < -0.39 is 11.7 Å². The van der Waals surface area contributed by atoms with Gasteiger partial charge in [0.25, 0.3) is 5.56 Å². The van der Waals surface area contributed by atoms with Gasteiger partial charge < -0.3 is 9.64 Å². The Morgan fingerprint density at radius 1 is 1.27 bits per heavy atom. The number of benzene rings is 1. The maximum Gasteiger partial charge on any atom is 0.416 e. The van der Waals surface area contributed by atoms with E-state index in [0.717, 1.165) is 18.2 Å². The molecule has 30 heavy (non-hydrogen) atoms. The van der Waals surface area contributed by atoms with E-state index in [2.05, 4.69) is 5.10 Å². The highest BCUT2D eigenvalue weighted by atomic mass is 35.5. The highest BCUT2D eigenvalue weighted by molar-refractivity contribution is 6.32. The maximum atomic E-state index is 12.9. The summed E-state index contributed by atoms with van der Waals surface area (Å²) in [5.74, 6) is -0.283. The number of hydrogen-bond acceptors (Lipinski definition) is 4. The summed E-state index contributed by atoms with van der Waals surface area (Å²) < 4.78 is 45.5. The molecule has 0 unspecified atom stereocenters. The quantitative estimate of drug-likeness (QED) is 0.681. The number of alkyl halides is 3. The first kappa shape index (κ1) is 21.9. The zero-order chi connectivity index (χ0) is 21.9. The normalized spacial score (nSPS) is 15.6. The first-order chi connectivity index (χ1) is 14.1. The fourth-order valence-electron chi connectivity index (χ4n) is 3.06. The van der Waals surface area contributed by atoms with Crippen LogP contribution in [0, 0.1) is 0 Å². The molecule has 0 aliphatic carbocycles. The molecule has 1 aliphatic heterocycles. The SMILES string of the molecule is Cn1nccc(C=CC(=O)N2CCC(Oc3cc(C(F)(F)F)ccc3Cl)CC2)c1=O. The van der Waals surface area contributed by atoms with Gasteiger partial charge in [0, 0.05) is 50.8 Å². The molecule has 0 bridgehead atoms. The van der Waals surface area contributed by atoms with Crippen LogP contribution in [-0.2, 0) is 18.0 Å². The van der Waals surface area contributed by atoms with Crippen molar-refractivity contribution in [3.8, 4) is 5.75 Å². The van der Waals surface area contributed by atoms with Gasteiger partial charge in [-0.3, -0.25) is 9.59 Å². The van der Waals surface area contributed by atoms with Crippen LogP contribution in [0.15, 0.2) is 41.3 Å². The lowest BCUT2D eigenvalue weighted by atomic mass is 10.1. The first-order valence-corrected chi connectivity index (χ1v) is 9.55. The number of aryl methyl sites for hydroxylation is 1. The summed E-state index contributed by atoms with van der Waals surface area (Å²) >= 11 is 5.97. The molecule has 160 valence electrons. The topological polar surface area (TPSA) is 64.4 Å². The van der Waals surface area contributed by atoms with Crippen LogP contribution in [0.2, 0.25) is 5.02 Å². The Labute approximate surface area is 175 Å². The Bertz CT molecular complexity index is 1010. The molecule has 1 aliphatic rings. The summed E-state index contributed by atoms with van der Waals surface area (Å²) in [7, 11) is 1.52. The van der Waals surface area contributed by atoms with Gasteiger partial charge in [-0.2, -0.15) is 18.3 Å². The second-order valence-electron chi connectivity index (χ2n) is 6.83. The number of piperidine rings is 1. The highest BCUT2D eigenvalue weighted by Gasteiger charge is 2.32. The van der Waals surface area contributed by atoms with E-state index in [1.807, 2.05) is 0 Å². The summed E-state index contributed by atoms with van der Waals surface area (Å²) in [6.45, 7) is 0.748. The van der Waals surface area contributed by atoms with E-state index >= 15 is 0 Å². The van der Waals surface area contributed by atoms with E-state index in [-0.39, 0.29) is 28.3 Å². The first-order valence-electron chi connectivity index (χ1n) is 9.18. The minimum absolute atomic E-state index is 0.0234. The monoisotopic (exact) mass is 441 g/mol. The van der Waals surface area contributed by atoms with Gasteiger partial charge in [0.15, 0.2) is 0 Å². The summed E-state index contributed by atoms with van der Waals surface area (Å²) in [6, 6.07) is 4.47. The van der Waals surface area contributed by atoms with E-state index in [0.29, 0.717) is 31.5 Å². The van der Waals surface area contributed by atoms with Crippen LogP contribution in [-0.4, -0.2) is 39.8 Å². The van der Waals surface area contributed by atoms with Gasteiger partial charge in [0.1, 0.15) is 11.9 Å². The van der Waals surface area contributed by atoms with Crippen LogP contribution in [0.1, 0.15) is 24.0 Å². The zero-order valence-corrected chi connectivity index (χ0v) is 16.8. The van der Waals surface area contributed by atoms with E-state index in [1.54, 1.807) is 4.90 Å². The van der Waals surface area contributed by atoms with Crippen molar-refractivity contribution >= 4 is 23.6 Å². The van der Waals surface area contributed by atoms with Crippen molar-refractivity contribution in [2.75, 3.05) is 13.1 Å².